The number of halogens is 1. The van der Waals surface area contributed by atoms with Crippen LogP contribution in [0.5, 0.6) is 11.5 Å². The molecule has 2 rings (SSSR count). The van der Waals surface area contributed by atoms with Gasteiger partial charge in [0, 0.05) is 0 Å². The summed E-state index contributed by atoms with van der Waals surface area (Å²) in [5.74, 6) is 0.638. The minimum atomic E-state index is -0.383. The van der Waals surface area contributed by atoms with Gasteiger partial charge in [0.2, 0.25) is 0 Å². The van der Waals surface area contributed by atoms with Crippen LogP contribution in [-0.4, -0.2) is 13.2 Å². The van der Waals surface area contributed by atoms with Crippen molar-refractivity contribution in [3.05, 3.63) is 59.9 Å². The quantitative estimate of drug-likeness (QED) is 0.879. The lowest BCUT2D eigenvalue weighted by atomic mass is 10.1. The largest absolute Gasteiger partial charge is 0.494 e. The van der Waals surface area contributed by atoms with Crippen molar-refractivity contribution in [1.82, 2.24) is 0 Å². The summed E-state index contributed by atoms with van der Waals surface area (Å²) in [4.78, 5) is 0. The van der Waals surface area contributed by atoms with Gasteiger partial charge in [0.1, 0.15) is 12.4 Å². The van der Waals surface area contributed by atoms with Crippen LogP contribution in [0, 0.1) is 5.82 Å². The molecule has 106 valence electrons. The number of benzene rings is 2. The molecule has 0 saturated carbocycles. The minimum Gasteiger partial charge on any atom is -0.494 e. The highest BCUT2D eigenvalue weighted by Crippen LogP contribution is 2.20. The van der Waals surface area contributed by atoms with Gasteiger partial charge in [0.05, 0.1) is 12.6 Å². The van der Waals surface area contributed by atoms with Crippen LogP contribution in [0.1, 0.15) is 18.5 Å². The standard InChI is InChI=1S/C16H18FNO2/c1-2-19-13-9-7-12(8-10-13)15(18)11-20-16-6-4-3-5-14(16)17/h3-10,15H,2,11,18H2,1H3. The molecular formula is C16H18FNO2. The number of hydrogen-bond acceptors (Lipinski definition) is 3. The normalized spacial score (nSPS) is 11.9. The zero-order valence-electron chi connectivity index (χ0n) is 11.4. The minimum absolute atomic E-state index is 0.217. The van der Waals surface area contributed by atoms with Gasteiger partial charge in [-0.2, -0.15) is 0 Å². The number of rotatable bonds is 6. The first-order valence-electron chi connectivity index (χ1n) is 6.56. The van der Waals surface area contributed by atoms with E-state index in [0.29, 0.717) is 6.61 Å². The van der Waals surface area contributed by atoms with Gasteiger partial charge in [-0.1, -0.05) is 24.3 Å². The maximum absolute atomic E-state index is 13.4. The molecule has 0 saturated heterocycles. The lowest BCUT2D eigenvalue weighted by molar-refractivity contribution is 0.277. The molecule has 0 fully saturated rings. The van der Waals surface area contributed by atoms with E-state index < -0.39 is 0 Å². The third-order valence-electron chi connectivity index (χ3n) is 2.87. The van der Waals surface area contributed by atoms with E-state index >= 15 is 0 Å². The van der Waals surface area contributed by atoms with Gasteiger partial charge < -0.3 is 15.2 Å². The van der Waals surface area contributed by atoms with Crippen LogP contribution >= 0.6 is 0 Å². The summed E-state index contributed by atoms with van der Waals surface area (Å²) in [5.41, 5.74) is 6.95. The van der Waals surface area contributed by atoms with E-state index in [4.69, 9.17) is 15.2 Å². The Morgan fingerprint density at radius 1 is 1.05 bits per heavy atom. The van der Waals surface area contributed by atoms with Crippen molar-refractivity contribution in [2.75, 3.05) is 13.2 Å². The first-order chi connectivity index (χ1) is 9.70. The van der Waals surface area contributed by atoms with Gasteiger partial charge in [0.15, 0.2) is 11.6 Å². The van der Waals surface area contributed by atoms with Gasteiger partial charge >= 0.3 is 0 Å². The molecule has 0 amide bonds. The fraction of sp³-hybridized carbons (Fsp3) is 0.250. The van der Waals surface area contributed by atoms with Gasteiger partial charge in [-0.3, -0.25) is 0 Å². The molecule has 0 aliphatic heterocycles. The van der Waals surface area contributed by atoms with Crippen LogP contribution in [0.15, 0.2) is 48.5 Å². The highest BCUT2D eigenvalue weighted by Gasteiger charge is 2.09. The van der Waals surface area contributed by atoms with Gasteiger partial charge in [-0.05, 0) is 36.8 Å². The summed E-state index contributed by atoms with van der Waals surface area (Å²) in [6, 6.07) is 13.5. The molecule has 1 atom stereocenters. The predicted molar refractivity (Wildman–Crippen MR) is 76.4 cm³/mol. The van der Waals surface area contributed by atoms with E-state index in [0.717, 1.165) is 11.3 Å². The monoisotopic (exact) mass is 275 g/mol. The molecule has 0 aromatic heterocycles. The van der Waals surface area contributed by atoms with Crippen LogP contribution in [0.25, 0.3) is 0 Å². The summed E-state index contributed by atoms with van der Waals surface area (Å²) in [6.07, 6.45) is 0. The summed E-state index contributed by atoms with van der Waals surface area (Å²) >= 11 is 0. The maximum Gasteiger partial charge on any atom is 0.165 e. The highest BCUT2D eigenvalue weighted by molar-refractivity contribution is 5.29. The molecule has 0 spiro atoms. The Balaban J connectivity index is 1.94. The molecule has 20 heavy (non-hydrogen) atoms. The van der Waals surface area contributed by atoms with E-state index in [1.165, 1.54) is 6.07 Å². The SMILES string of the molecule is CCOc1ccc(C(N)COc2ccccc2F)cc1. The van der Waals surface area contributed by atoms with Crippen molar-refractivity contribution < 1.29 is 13.9 Å². The van der Waals surface area contributed by atoms with Crippen LogP contribution in [0.2, 0.25) is 0 Å². The van der Waals surface area contributed by atoms with Crippen molar-refractivity contribution in [3.8, 4) is 11.5 Å². The van der Waals surface area contributed by atoms with Gasteiger partial charge in [-0.15, -0.1) is 0 Å². The zero-order chi connectivity index (χ0) is 14.4. The van der Waals surface area contributed by atoms with E-state index in [2.05, 4.69) is 0 Å². The van der Waals surface area contributed by atoms with Crippen LogP contribution in [0.3, 0.4) is 0 Å². The summed E-state index contributed by atoms with van der Waals surface area (Å²) in [7, 11) is 0. The van der Waals surface area contributed by atoms with E-state index in [-0.39, 0.29) is 24.2 Å². The second kappa shape index (κ2) is 6.91. The number of para-hydroxylation sites is 1. The summed E-state index contributed by atoms with van der Waals surface area (Å²) in [6.45, 7) is 2.78. The number of hydrogen-bond donors (Lipinski definition) is 1. The third kappa shape index (κ3) is 3.71. The maximum atomic E-state index is 13.4. The predicted octanol–water partition coefficient (Wildman–Crippen LogP) is 3.30. The zero-order valence-corrected chi connectivity index (χ0v) is 11.4. The molecule has 1 unspecified atom stereocenters. The Kier molecular flexibility index (Phi) is 4.96. The summed E-state index contributed by atoms with van der Waals surface area (Å²) < 4.78 is 24.2. The molecule has 2 N–H and O–H groups in total. The summed E-state index contributed by atoms with van der Waals surface area (Å²) in [5, 5.41) is 0. The second-order valence-corrected chi connectivity index (χ2v) is 4.35. The molecule has 0 aliphatic carbocycles. The van der Waals surface area contributed by atoms with Crippen LogP contribution < -0.4 is 15.2 Å². The van der Waals surface area contributed by atoms with Crippen molar-refractivity contribution in [2.45, 2.75) is 13.0 Å². The average Bonchev–Trinajstić information content (AvgIpc) is 2.47. The van der Waals surface area contributed by atoms with E-state index in [9.17, 15) is 4.39 Å². The molecule has 3 nitrogen and oxygen atoms in total. The van der Waals surface area contributed by atoms with Crippen molar-refractivity contribution in [2.24, 2.45) is 5.73 Å². The van der Waals surface area contributed by atoms with E-state index in [1.807, 2.05) is 31.2 Å². The molecule has 0 radical (unpaired) electrons. The Labute approximate surface area is 118 Å². The fourth-order valence-electron chi connectivity index (χ4n) is 1.82. The first kappa shape index (κ1) is 14.3. The Hall–Kier alpha value is -2.07. The third-order valence-corrected chi connectivity index (χ3v) is 2.87. The lowest BCUT2D eigenvalue weighted by Gasteiger charge is -2.14. The molecule has 0 heterocycles. The lowest BCUT2D eigenvalue weighted by Crippen LogP contribution is -2.19. The molecule has 0 bridgehead atoms. The van der Waals surface area contributed by atoms with Gasteiger partial charge in [-0.25, -0.2) is 4.39 Å². The van der Waals surface area contributed by atoms with Crippen LogP contribution in [0.4, 0.5) is 4.39 Å². The topological polar surface area (TPSA) is 44.5 Å². The van der Waals surface area contributed by atoms with E-state index in [1.54, 1.807) is 18.2 Å². The van der Waals surface area contributed by atoms with Crippen LogP contribution in [-0.2, 0) is 0 Å². The van der Waals surface area contributed by atoms with Gasteiger partial charge in [0.25, 0.3) is 0 Å². The molecule has 2 aromatic rings. The Morgan fingerprint density at radius 2 is 1.75 bits per heavy atom. The highest BCUT2D eigenvalue weighted by atomic mass is 19.1. The fourth-order valence-corrected chi connectivity index (χ4v) is 1.82. The number of nitrogens with two attached hydrogens (primary N) is 1. The Morgan fingerprint density at radius 3 is 2.40 bits per heavy atom. The second-order valence-electron chi connectivity index (χ2n) is 4.35. The molecule has 4 heteroatoms. The molecule has 2 aromatic carbocycles. The first-order valence-corrected chi connectivity index (χ1v) is 6.56. The number of ether oxygens (including phenoxy) is 2. The molecule has 0 aliphatic rings. The average molecular weight is 275 g/mol. The van der Waals surface area contributed by atoms with Crippen molar-refractivity contribution >= 4 is 0 Å². The smallest absolute Gasteiger partial charge is 0.165 e. The van der Waals surface area contributed by atoms with Crippen molar-refractivity contribution in [1.29, 1.82) is 0 Å². The van der Waals surface area contributed by atoms with Crippen molar-refractivity contribution in [3.63, 3.8) is 0 Å². The Bertz CT molecular complexity index is 542. The molecular weight excluding hydrogens is 257 g/mol.